The second kappa shape index (κ2) is 9.52. The van der Waals surface area contributed by atoms with Gasteiger partial charge in [0.1, 0.15) is 23.8 Å². The second-order valence-corrected chi connectivity index (χ2v) is 8.18. The van der Waals surface area contributed by atoms with Gasteiger partial charge in [-0.25, -0.2) is 9.80 Å². The molecule has 0 aromatic heterocycles. The van der Waals surface area contributed by atoms with Crippen LogP contribution in [-0.2, 0) is 4.74 Å². The van der Waals surface area contributed by atoms with Crippen molar-refractivity contribution in [3.63, 3.8) is 0 Å². The first-order valence-electron chi connectivity index (χ1n) is 9.18. The van der Waals surface area contributed by atoms with Gasteiger partial charge in [-0.2, -0.15) is 0 Å². The van der Waals surface area contributed by atoms with Crippen LogP contribution in [0.5, 0.6) is 5.75 Å². The maximum Gasteiger partial charge on any atom is 0.429 e. The molecule has 0 saturated carbocycles. The minimum Gasteiger partial charge on any atom is -0.489 e. The van der Waals surface area contributed by atoms with Gasteiger partial charge in [-0.3, -0.25) is 10.4 Å². The maximum atomic E-state index is 12.3. The Labute approximate surface area is 176 Å². The highest BCUT2D eigenvalue weighted by Crippen LogP contribution is 2.41. The number of carbonyl (C=O) groups is 1. The monoisotopic (exact) mass is 427 g/mol. The molecule has 1 N–H and O–H groups in total. The van der Waals surface area contributed by atoms with Gasteiger partial charge < -0.3 is 9.47 Å². The average Bonchev–Trinajstić information content (AvgIpc) is 3.07. The van der Waals surface area contributed by atoms with Crippen molar-refractivity contribution in [2.45, 2.75) is 45.6 Å². The number of rotatable bonds is 5. The Hall–Kier alpha value is -1.92. The Morgan fingerprint density at radius 1 is 1.43 bits per heavy atom. The quantitative estimate of drug-likeness (QED) is 0.517. The molecule has 0 unspecified atom stereocenters. The lowest BCUT2D eigenvalue weighted by molar-refractivity contribution is 0.0204. The van der Waals surface area contributed by atoms with Crippen molar-refractivity contribution in [1.82, 2.24) is 10.4 Å². The summed E-state index contributed by atoms with van der Waals surface area (Å²) in [5.41, 5.74) is 3.31. The highest BCUT2D eigenvalue weighted by atomic mass is 35.5. The number of hydrazine groups is 1. The third-order valence-electron chi connectivity index (χ3n) is 3.99. The number of amides is 1. The third kappa shape index (κ3) is 5.79. The van der Waals surface area contributed by atoms with E-state index in [0.29, 0.717) is 47.7 Å². The molecule has 2 rings (SSSR count). The fraction of sp³-hybridized carbons (Fsp3) is 0.500. The van der Waals surface area contributed by atoms with Crippen molar-refractivity contribution in [3.05, 3.63) is 40.4 Å². The summed E-state index contributed by atoms with van der Waals surface area (Å²) in [6, 6.07) is 3.51. The Morgan fingerprint density at radius 2 is 2.14 bits per heavy atom. The Balaban J connectivity index is 2.11. The van der Waals surface area contributed by atoms with Crippen LogP contribution in [0.1, 0.15) is 45.6 Å². The van der Waals surface area contributed by atoms with E-state index in [0.717, 1.165) is 5.56 Å². The molecule has 1 heterocycles. The first-order chi connectivity index (χ1) is 13.2. The number of aliphatic imine (C=N–C) groups is 1. The smallest absolute Gasteiger partial charge is 0.429 e. The van der Waals surface area contributed by atoms with Gasteiger partial charge in [0.2, 0.25) is 0 Å². The molecule has 1 amide bonds. The van der Waals surface area contributed by atoms with E-state index < -0.39 is 11.7 Å². The van der Waals surface area contributed by atoms with Crippen LogP contribution in [0, 0.1) is 0 Å². The molecular weight excluding hydrogens is 401 g/mol. The van der Waals surface area contributed by atoms with Gasteiger partial charge in [0.15, 0.2) is 0 Å². The van der Waals surface area contributed by atoms with E-state index in [4.69, 9.17) is 32.7 Å². The lowest BCUT2D eigenvalue weighted by Crippen LogP contribution is -2.47. The van der Waals surface area contributed by atoms with E-state index >= 15 is 0 Å². The van der Waals surface area contributed by atoms with Crippen LogP contribution in [0.4, 0.5) is 4.79 Å². The number of nitrogens with zero attached hydrogens (tertiary/aromatic N) is 2. The van der Waals surface area contributed by atoms with E-state index in [9.17, 15) is 4.79 Å². The maximum absolute atomic E-state index is 12.3. The Kier molecular flexibility index (Phi) is 7.61. The molecule has 1 aliphatic heterocycles. The number of benzene rings is 1. The summed E-state index contributed by atoms with van der Waals surface area (Å²) in [5.74, 6) is 1.34. The summed E-state index contributed by atoms with van der Waals surface area (Å²) >= 11 is 12.7. The Bertz CT molecular complexity index is 760. The summed E-state index contributed by atoms with van der Waals surface area (Å²) in [6.07, 6.45) is 1.80. The number of amidine groups is 1. The molecule has 1 aliphatic rings. The first kappa shape index (κ1) is 22.4. The zero-order valence-corrected chi connectivity index (χ0v) is 18.2. The van der Waals surface area contributed by atoms with Crippen molar-refractivity contribution in [2.24, 2.45) is 4.99 Å². The van der Waals surface area contributed by atoms with Crippen molar-refractivity contribution >= 4 is 35.1 Å². The summed E-state index contributed by atoms with van der Waals surface area (Å²) < 4.78 is 11.2. The fourth-order valence-corrected chi connectivity index (χ4v) is 3.26. The summed E-state index contributed by atoms with van der Waals surface area (Å²) in [6.45, 7) is 12.3. The van der Waals surface area contributed by atoms with Crippen molar-refractivity contribution in [3.8, 4) is 5.75 Å². The zero-order chi connectivity index (χ0) is 20.9. The predicted octanol–water partition coefficient (Wildman–Crippen LogP) is 5.21. The average molecular weight is 428 g/mol. The Morgan fingerprint density at radius 3 is 2.75 bits per heavy atom. The number of hydrogen-bond acceptors (Lipinski definition) is 5. The molecule has 1 atom stereocenters. The molecular formula is C20H27Cl2N3O3. The van der Waals surface area contributed by atoms with Crippen LogP contribution in [-0.4, -0.2) is 42.2 Å². The second-order valence-electron chi connectivity index (χ2n) is 7.40. The van der Waals surface area contributed by atoms with Crippen LogP contribution < -0.4 is 10.2 Å². The van der Waals surface area contributed by atoms with Gasteiger partial charge >= 0.3 is 6.09 Å². The number of carbonyl (C=O) groups excluding carboxylic acids is 1. The van der Waals surface area contributed by atoms with Crippen LogP contribution in [0.3, 0.4) is 0 Å². The molecule has 1 aromatic carbocycles. The molecule has 8 heteroatoms. The zero-order valence-electron chi connectivity index (χ0n) is 16.7. The van der Waals surface area contributed by atoms with Gasteiger partial charge in [0, 0.05) is 31.0 Å². The van der Waals surface area contributed by atoms with Crippen molar-refractivity contribution in [2.75, 3.05) is 19.7 Å². The predicted molar refractivity (Wildman–Crippen MR) is 114 cm³/mol. The van der Waals surface area contributed by atoms with Gasteiger partial charge in [0.05, 0.1) is 10.0 Å². The van der Waals surface area contributed by atoms with Crippen molar-refractivity contribution in [1.29, 1.82) is 0 Å². The van der Waals surface area contributed by atoms with E-state index in [1.807, 2.05) is 27.7 Å². The molecule has 1 aromatic rings. The standard InChI is InChI=1S/C20H27Cl2N3O3/c1-6-10-27-15-9-8-14(21)18(22)17(15)13-11-16(23-12-13)24-25(7-2)19(26)28-20(3,4)5/h6,8-9,13H,1,7,10-12H2,2-5H3,(H,23,24)/t13-/m1/s1. The summed E-state index contributed by atoms with van der Waals surface area (Å²) in [7, 11) is 0. The number of nitrogens with one attached hydrogen (secondary N) is 1. The minimum absolute atomic E-state index is 0.00846. The van der Waals surface area contributed by atoms with Crippen LogP contribution in [0.2, 0.25) is 10.0 Å². The number of hydrogen-bond donors (Lipinski definition) is 1. The SMILES string of the molecule is C=CCOc1ccc(Cl)c(Cl)c1[C@H]1CN=C(NN(CC)C(=O)OC(C)(C)C)C1. The largest absolute Gasteiger partial charge is 0.489 e. The molecule has 0 spiro atoms. The molecule has 6 nitrogen and oxygen atoms in total. The summed E-state index contributed by atoms with van der Waals surface area (Å²) in [4.78, 5) is 16.8. The highest BCUT2D eigenvalue weighted by Gasteiger charge is 2.29. The van der Waals surface area contributed by atoms with E-state index in [1.54, 1.807) is 18.2 Å². The lowest BCUT2D eigenvalue weighted by Gasteiger charge is -2.27. The molecule has 0 bridgehead atoms. The summed E-state index contributed by atoms with van der Waals surface area (Å²) in [5, 5.41) is 2.33. The van der Waals surface area contributed by atoms with Gasteiger partial charge in [0.25, 0.3) is 0 Å². The van der Waals surface area contributed by atoms with Crippen molar-refractivity contribution < 1.29 is 14.3 Å². The molecule has 0 aliphatic carbocycles. The molecule has 0 fully saturated rings. The first-order valence-corrected chi connectivity index (χ1v) is 9.94. The molecule has 0 radical (unpaired) electrons. The van der Waals surface area contributed by atoms with E-state index in [1.165, 1.54) is 5.01 Å². The normalized spacial score (nSPS) is 16.4. The minimum atomic E-state index is -0.572. The van der Waals surface area contributed by atoms with Crippen LogP contribution in [0.15, 0.2) is 29.8 Å². The molecule has 0 saturated heterocycles. The topological polar surface area (TPSA) is 63.2 Å². The van der Waals surface area contributed by atoms with E-state index in [-0.39, 0.29) is 5.92 Å². The molecule has 28 heavy (non-hydrogen) atoms. The van der Waals surface area contributed by atoms with Gasteiger partial charge in [-0.1, -0.05) is 35.9 Å². The highest BCUT2D eigenvalue weighted by molar-refractivity contribution is 6.42. The van der Waals surface area contributed by atoms with Crippen LogP contribution in [0.25, 0.3) is 0 Å². The number of halogens is 2. The van der Waals surface area contributed by atoms with Gasteiger partial charge in [-0.15, -0.1) is 0 Å². The lowest BCUT2D eigenvalue weighted by atomic mass is 9.96. The van der Waals surface area contributed by atoms with Crippen LogP contribution >= 0.6 is 23.2 Å². The van der Waals surface area contributed by atoms with Gasteiger partial charge in [-0.05, 0) is 39.8 Å². The van der Waals surface area contributed by atoms with E-state index in [2.05, 4.69) is 17.0 Å². The number of ether oxygens (including phenoxy) is 2. The molecule has 154 valence electrons. The third-order valence-corrected chi connectivity index (χ3v) is 4.81. The fourth-order valence-electron chi connectivity index (χ4n) is 2.79.